The molecular weight excluding hydrogens is 472 g/mol. The number of amides is 3. The van der Waals surface area contributed by atoms with Crippen molar-refractivity contribution in [1.29, 1.82) is 0 Å². The van der Waals surface area contributed by atoms with Crippen LogP contribution in [-0.2, 0) is 20.9 Å². The molecule has 3 rings (SSSR count). The minimum absolute atomic E-state index is 0.0455. The molecule has 3 N–H and O–H groups in total. The van der Waals surface area contributed by atoms with Gasteiger partial charge in [0.25, 0.3) is 0 Å². The van der Waals surface area contributed by atoms with Crippen molar-refractivity contribution in [3.8, 4) is 11.3 Å². The Morgan fingerprint density at radius 1 is 1.14 bits per heavy atom. The van der Waals surface area contributed by atoms with Crippen LogP contribution in [-0.4, -0.2) is 57.4 Å². The van der Waals surface area contributed by atoms with Crippen molar-refractivity contribution in [1.82, 2.24) is 20.5 Å². The van der Waals surface area contributed by atoms with E-state index in [0.29, 0.717) is 5.76 Å². The molecule has 37 heavy (non-hydrogen) atoms. The fourth-order valence-electron chi connectivity index (χ4n) is 4.47. The summed E-state index contributed by atoms with van der Waals surface area (Å²) in [5, 5.41) is 16.1. The normalized spacial score (nSPS) is 19.0. The Morgan fingerprint density at radius 3 is 2.32 bits per heavy atom. The number of hydrogen-bond donors (Lipinski definition) is 3. The van der Waals surface area contributed by atoms with Crippen molar-refractivity contribution in [3.63, 3.8) is 0 Å². The van der Waals surface area contributed by atoms with E-state index in [0.717, 1.165) is 16.8 Å². The Balaban J connectivity index is 1.68. The van der Waals surface area contributed by atoms with E-state index in [1.54, 1.807) is 0 Å². The number of carbonyl (C=O) groups is 3. The fourth-order valence-corrected chi connectivity index (χ4v) is 4.47. The van der Waals surface area contributed by atoms with E-state index in [1.807, 2.05) is 72.7 Å². The van der Waals surface area contributed by atoms with Crippen LogP contribution in [0.25, 0.3) is 11.3 Å². The van der Waals surface area contributed by atoms with E-state index in [9.17, 15) is 19.5 Å². The number of carbonyl (C=O) groups excluding carboxylic acids is 3. The zero-order chi connectivity index (χ0) is 27.5. The largest absolute Gasteiger partial charge is 0.443 e. The third-order valence-corrected chi connectivity index (χ3v) is 6.40. The van der Waals surface area contributed by atoms with Gasteiger partial charge in [-0.15, -0.1) is 0 Å². The van der Waals surface area contributed by atoms with Gasteiger partial charge in [-0.2, -0.15) is 0 Å². The van der Waals surface area contributed by atoms with Gasteiger partial charge in [0.05, 0.1) is 11.8 Å². The highest BCUT2D eigenvalue weighted by Crippen LogP contribution is 2.27. The minimum atomic E-state index is -0.824. The number of aryl methyl sites for hydroxylation is 1. The summed E-state index contributed by atoms with van der Waals surface area (Å²) in [5.41, 5.74) is 1.76. The summed E-state index contributed by atoms with van der Waals surface area (Å²) < 4.78 is 5.42. The van der Waals surface area contributed by atoms with Crippen molar-refractivity contribution >= 4 is 17.7 Å². The molecule has 9 heteroatoms. The molecule has 1 aliphatic rings. The first-order valence-corrected chi connectivity index (χ1v) is 12.7. The molecule has 1 fully saturated rings. The van der Waals surface area contributed by atoms with Gasteiger partial charge in [0.15, 0.2) is 12.2 Å². The number of β-amino-alcohol motifs (C(OH)–C–C–N with tert-alkyl or cyclic N) is 1. The number of oxazole rings is 1. The lowest BCUT2D eigenvalue weighted by Crippen LogP contribution is -2.58. The zero-order valence-corrected chi connectivity index (χ0v) is 22.9. The summed E-state index contributed by atoms with van der Waals surface area (Å²) >= 11 is 0. The Hall–Kier alpha value is -3.20. The van der Waals surface area contributed by atoms with Crippen LogP contribution in [0.3, 0.4) is 0 Å². The van der Waals surface area contributed by atoms with Gasteiger partial charge in [0.2, 0.25) is 17.7 Å². The van der Waals surface area contributed by atoms with Gasteiger partial charge in [0.1, 0.15) is 12.1 Å². The topological polar surface area (TPSA) is 125 Å². The third-order valence-electron chi connectivity index (χ3n) is 6.40. The molecule has 202 valence electrons. The molecule has 0 unspecified atom stereocenters. The maximum atomic E-state index is 13.6. The average Bonchev–Trinajstić information content (AvgIpc) is 3.39. The van der Waals surface area contributed by atoms with E-state index in [4.69, 9.17) is 4.42 Å². The van der Waals surface area contributed by atoms with E-state index in [2.05, 4.69) is 15.6 Å². The average molecular weight is 513 g/mol. The van der Waals surface area contributed by atoms with Gasteiger partial charge in [-0.1, -0.05) is 65.8 Å². The maximum Gasteiger partial charge on any atom is 0.246 e. The van der Waals surface area contributed by atoms with Crippen LogP contribution in [0.15, 0.2) is 35.1 Å². The van der Waals surface area contributed by atoms with Crippen molar-refractivity contribution < 1.29 is 23.9 Å². The second kappa shape index (κ2) is 11.0. The van der Waals surface area contributed by atoms with Crippen molar-refractivity contribution in [2.45, 2.75) is 86.0 Å². The molecular formula is C28H40N4O5. The summed E-state index contributed by atoms with van der Waals surface area (Å²) in [5.74, 6) is -0.217. The molecule has 0 bridgehead atoms. The van der Waals surface area contributed by atoms with Crippen molar-refractivity contribution in [3.05, 3.63) is 41.9 Å². The maximum absolute atomic E-state index is 13.6. The van der Waals surface area contributed by atoms with Crippen LogP contribution < -0.4 is 10.6 Å². The van der Waals surface area contributed by atoms with Crippen LogP contribution in [0, 0.1) is 17.8 Å². The number of hydrogen-bond acceptors (Lipinski definition) is 6. The highest BCUT2D eigenvalue weighted by atomic mass is 16.3. The first-order chi connectivity index (χ1) is 17.2. The highest BCUT2D eigenvalue weighted by molar-refractivity contribution is 5.93. The predicted octanol–water partition coefficient (Wildman–Crippen LogP) is 3.20. The first kappa shape index (κ1) is 28.4. The van der Waals surface area contributed by atoms with E-state index >= 15 is 0 Å². The standard InChI is InChI=1S/C28H40N4O5/c1-17-23(37-16-30-17)19-10-8-18(9-11-19)14-29-25(35)21-12-20(33)15-32(21)26(36)24(28(5,6)7)31-22(34)13-27(2,3)4/h8-11,16,20-21,24,33H,12-15H2,1-7H3,(H,29,35)(H,31,34)/t20-,21+,24-/m1/s1. The van der Waals surface area contributed by atoms with Crippen molar-refractivity contribution in [2.75, 3.05) is 6.54 Å². The fraction of sp³-hybridized carbons (Fsp3) is 0.571. The van der Waals surface area contributed by atoms with E-state index in [1.165, 1.54) is 11.3 Å². The monoisotopic (exact) mass is 512 g/mol. The number of aromatic nitrogens is 1. The lowest BCUT2D eigenvalue weighted by atomic mass is 9.84. The van der Waals surface area contributed by atoms with Gasteiger partial charge in [-0.05, 0) is 23.3 Å². The highest BCUT2D eigenvalue weighted by Gasteiger charge is 2.44. The van der Waals surface area contributed by atoms with E-state index in [-0.39, 0.29) is 49.1 Å². The number of nitrogens with one attached hydrogen (secondary N) is 2. The summed E-state index contributed by atoms with van der Waals surface area (Å²) in [4.78, 5) is 44.9. The smallest absolute Gasteiger partial charge is 0.246 e. The lowest BCUT2D eigenvalue weighted by Gasteiger charge is -2.35. The van der Waals surface area contributed by atoms with Crippen LogP contribution >= 0.6 is 0 Å². The molecule has 3 amide bonds. The lowest BCUT2D eigenvalue weighted by molar-refractivity contribution is -0.144. The Morgan fingerprint density at radius 2 is 1.78 bits per heavy atom. The number of rotatable bonds is 7. The molecule has 1 saturated heterocycles. The van der Waals surface area contributed by atoms with E-state index < -0.39 is 23.6 Å². The van der Waals surface area contributed by atoms with Crippen LogP contribution in [0.4, 0.5) is 0 Å². The van der Waals surface area contributed by atoms with Gasteiger partial charge in [-0.3, -0.25) is 14.4 Å². The molecule has 1 aromatic heterocycles. The molecule has 9 nitrogen and oxygen atoms in total. The summed E-state index contributed by atoms with van der Waals surface area (Å²) in [7, 11) is 0. The minimum Gasteiger partial charge on any atom is -0.443 e. The Labute approximate surface area is 219 Å². The molecule has 3 atom stereocenters. The second-order valence-electron chi connectivity index (χ2n) is 12.2. The summed E-state index contributed by atoms with van der Waals surface area (Å²) in [6, 6.07) is 5.95. The number of likely N-dealkylation sites (tertiary alicyclic amines) is 1. The Kier molecular flexibility index (Phi) is 8.47. The summed E-state index contributed by atoms with van der Waals surface area (Å²) in [6.45, 7) is 13.7. The van der Waals surface area contributed by atoms with Crippen LogP contribution in [0.5, 0.6) is 0 Å². The van der Waals surface area contributed by atoms with Crippen LogP contribution in [0.2, 0.25) is 0 Å². The second-order valence-corrected chi connectivity index (χ2v) is 12.2. The number of aliphatic hydroxyl groups is 1. The Bertz CT molecular complexity index is 1110. The number of benzene rings is 1. The molecule has 0 saturated carbocycles. The quantitative estimate of drug-likeness (QED) is 0.523. The third kappa shape index (κ3) is 7.41. The predicted molar refractivity (Wildman–Crippen MR) is 140 cm³/mol. The first-order valence-electron chi connectivity index (χ1n) is 12.7. The number of aliphatic hydroxyl groups excluding tert-OH is 1. The van der Waals surface area contributed by atoms with Gasteiger partial charge in [0, 0.05) is 31.5 Å². The molecule has 1 aliphatic heterocycles. The molecule has 2 heterocycles. The number of nitrogens with zero attached hydrogens (tertiary/aromatic N) is 2. The van der Waals surface area contributed by atoms with Gasteiger partial charge < -0.3 is 25.1 Å². The zero-order valence-electron chi connectivity index (χ0n) is 22.9. The molecule has 0 aliphatic carbocycles. The molecule has 0 radical (unpaired) electrons. The van der Waals surface area contributed by atoms with Gasteiger partial charge in [-0.25, -0.2) is 4.98 Å². The van der Waals surface area contributed by atoms with Gasteiger partial charge >= 0.3 is 0 Å². The molecule has 1 aromatic carbocycles. The van der Waals surface area contributed by atoms with Crippen molar-refractivity contribution in [2.24, 2.45) is 10.8 Å². The SMILES string of the molecule is Cc1ncoc1-c1ccc(CNC(=O)[C@@H]2C[C@@H](O)CN2C(=O)[C@@H](NC(=O)CC(C)(C)C)C(C)(C)C)cc1. The van der Waals surface area contributed by atoms with Crippen LogP contribution in [0.1, 0.15) is 65.6 Å². The molecule has 0 spiro atoms. The molecule has 2 aromatic rings. The summed E-state index contributed by atoms with van der Waals surface area (Å²) in [6.07, 6.45) is 1.01.